The first kappa shape index (κ1) is 20.9. The molecule has 0 aliphatic carbocycles. The summed E-state index contributed by atoms with van der Waals surface area (Å²) in [7, 11) is -2.38. The standard InChI is InChI=1S/C19H19ClN2O6S/c1-3-29(25,26)22-11-17(28-16-7-5-4-6-15(16)22)18(23)21-12-8-9-14(20)13(10-12)19(24)27-2/h4-10,17H,3,11H2,1-2H3,(H,21,23)/t17-/m1/s1. The average Bonchev–Trinajstić information content (AvgIpc) is 2.73. The first-order valence-corrected chi connectivity index (χ1v) is 10.7. The largest absolute Gasteiger partial charge is 0.476 e. The number of hydrogen-bond donors (Lipinski definition) is 1. The number of para-hydroxylation sites is 2. The van der Waals surface area contributed by atoms with Crippen LogP contribution in [-0.2, 0) is 19.6 Å². The molecule has 2 aromatic rings. The number of rotatable bonds is 5. The van der Waals surface area contributed by atoms with E-state index in [0.29, 0.717) is 17.1 Å². The third-order valence-electron chi connectivity index (χ3n) is 4.37. The second kappa shape index (κ2) is 8.30. The van der Waals surface area contributed by atoms with Crippen LogP contribution in [0.2, 0.25) is 5.02 Å². The number of methoxy groups -OCH3 is 1. The van der Waals surface area contributed by atoms with Gasteiger partial charge in [0.15, 0.2) is 6.10 Å². The molecule has 0 unspecified atom stereocenters. The van der Waals surface area contributed by atoms with Crippen LogP contribution in [0.5, 0.6) is 5.75 Å². The van der Waals surface area contributed by atoms with Gasteiger partial charge in [0.1, 0.15) is 5.75 Å². The highest BCUT2D eigenvalue weighted by Gasteiger charge is 2.36. The number of esters is 1. The molecule has 1 atom stereocenters. The van der Waals surface area contributed by atoms with Crippen LogP contribution in [0.15, 0.2) is 42.5 Å². The second-order valence-corrected chi connectivity index (χ2v) is 8.77. The van der Waals surface area contributed by atoms with E-state index in [9.17, 15) is 18.0 Å². The van der Waals surface area contributed by atoms with Gasteiger partial charge in [-0.1, -0.05) is 23.7 Å². The summed E-state index contributed by atoms with van der Waals surface area (Å²) in [5, 5.41) is 2.81. The number of hydrogen-bond acceptors (Lipinski definition) is 6. The molecule has 0 fully saturated rings. The molecule has 0 saturated heterocycles. The summed E-state index contributed by atoms with van der Waals surface area (Å²) >= 11 is 5.98. The van der Waals surface area contributed by atoms with E-state index >= 15 is 0 Å². The predicted octanol–water partition coefficient (Wildman–Crippen LogP) is 2.68. The van der Waals surface area contributed by atoms with E-state index in [1.807, 2.05) is 0 Å². The molecule has 0 aromatic heterocycles. The van der Waals surface area contributed by atoms with Gasteiger partial charge in [0.25, 0.3) is 5.91 Å². The Morgan fingerprint density at radius 2 is 2.00 bits per heavy atom. The third kappa shape index (κ3) is 4.30. The summed E-state index contributed by atoms with van der Waals surface area (Å²) in [4.78, 5) is 24.5. The second-order valence-electron chi connectivity index (χ2n) is 6.18. The van der Waals surface area contributed by atoms with Crippen LogP contribution in [0.25, 0.3) is 0 Å². The number of benzene rings is 2. The molecule has 8 nitrogen and oxygen atoms in total. The summed E-state index contributed by atoms with van der Waals surface area (Å²) in [6.07, 6.45) is -1.08. The molecule has 2 aromatic carbocycles. The molecular weight excluding hydrogens is 420 g/mol. The van der Waals surface area contributed by atoms with Gasteiger partial charge in [-0.05, 0) is 37.3 Å². The Morgan fingerprint density at radius 1 is 1.28 bits per heavy atom. The molecule has 29 heavy (non-hydrogen) atoms. The molecule has 0 radical (unpaired) electrons. The minimum Gasteiger partial charge on any atom is -0.476 e. The number of carbonyl (C=O) groups excluding carboxylic acids is 2. The molecule has 3 rings (SSSR count). The lowest BCUT2D eigenvalue weighted by Crippen LogP contribution is -2.49. The zero-order valence-corrected chi connectivity index (χ0v) is 17.3. The van der Waals surface area contributed by atoms with Crippen molar-refractivity contribution in [3.63, 3.8) is 0 Å². The smallest absolute Gasteiger partial charge is 0.339 e. The molecule has 0 saturated carbocycles. The van der Waals surface area contributed by atoms with Crippen LogP contribution in [0, 0.1) is 0 Å². The molecule has 1 N–H and O–H groups in total. The van der Waals surface area contributed by atoms with Crippen LogP contribution >= 0.6 is 11.6 Å². The maximum absolute atomic E-state index is 12.8. The number of amides is 1. The van der Waals surface area contributed by atoms with Gasteiger partial charge in [0.05, 0.1) is 35.7 Å². The van der Waals surface area contributed by atoms with E-state index in [4.69, 9.17) is 16.3 Å². The van der Waals surface area contributed by atoms with Crippen LogP contribution in [0.1, 0.15) is 17.3 Å². The number of sulfonamides is 1. The summed E-state index contributed by atoms with van der Waals surface area (Å²) < 4.78 is 36.6. The number of anilines is 2. The lowest BCUT2D eigenvalue weighted by molar-refractivity contribution is -0.122. The maximum Gasteiger partial charge on any atom is 0.339 e. The Morgan fingerprint density at radius 3 is 2.69 bits per heavy atom. The Bertz CT molecular complexity index is 1060. The van der Waals surface area contributed by atoms with Gasteiger partial charge in [0, 0.05) is 5.69 Å². The summed E-state index contributed by atoms with van der Waals surface area (Å²) in [6.45, 7) is 1.36. The van der Waals surface area contributed by atoms with Gasteiger partial charge in [0.2, 0.25) is 10.0 Å². The molecule has 0 spiro atoms. The molecule has 154 valence electrons. The lowest BCUT2D eigenvalue weighted by atomic mass is 10.2. The molecule has 1 aliphatic heterocycles. The molecule has 10 heteroatoms. The summed E-state index contributed by atoms with van der Waals surface area (Å²) in [6, 6.07) is 11.0. The van der Waals surface area contributed by atoms with E-state index in [2.05, 4.69) is 10.1 Å². The van der Waals surface area contributed by atoms with Crippen molar-refractivity contribution < 1.29 is 27.5 Å². The summed E-state index contributed by atoms with van der Waals surface area (Å²) in [5.41, 5.74) is 0.780. The highest BCUT2D eigenvalue weighted by atomic mass is 35.5. The normalized spacial score (nSPS) is 15.8. The van der Waals surface area contributed by atoms with Crippen molar-refractivity contribution in [2.45, 2.75) is 13.0 Å². The van der Waals surface area contributed by atoms with E-state index in [1.54, 1.807) is 24.3 Å². The zero-order chi connectivity index (χ0) is 21.2. The van der Waals surface area contributed by atoms with Crippen LogP contribution in [0.4, 0.5) is 11.4 Å². The van der Waals surface area contributed by atoms with Crippen LogP contribution in [-0.4, -0.2) is 45.8 Å². The van der Waals surface area contributed by atoms with Crippen molar-refractivity contribution >= 4 is 44.9 Å². The fraction of sp³-hybridized carbons (Fsp3) is 0.263. The Kier molecular flexibility index (Phi) is 5.99. The lowest BCUT2D eigenvalue weighted by Gasteiger charge is -2.34. The molecule has 1 aliphatic rings. The van der Waals surface area contributed by atoms with Gasteiger partial charge in [-0.3, -0.25) is 9.10 Å². The van der Waals surface area contributed by atoms with Crippen molar-refractivity contribution in [2.24, 2.45) is 0 Å². The Labute approximate surface area is 173 Å². The van der Waals surface area contributed by atoms with Gasteiger partial charge >= 0.3 is 5.97 Å². The van der Waals surface area contributed by atoms with E-state index in [0.717, 1.165) is 0 Å². The molecular formula is C19H19ClN2O6S. The predicted molar refractivity (Wildman–Crippen MR) is 109 cm³/mol. The van der Waals surface area contributed by atoms with Crippen molar-refractivity contribution in [3.8, 4) is 5.75 Å². The first-order valence-electron chi connectivity index (χ1n) is 8.71. The van der Waals surface area contributed by atoms with E-state index in [1.165, 1.54) is 36.5 Å². The van der Waals surface area contributed by atoms with Gasteiger partial charge < -0.3 is 14.8 Å². The average molecular weight is 439 g/mol. The SMILES string of the molecule is CCS(=O)(=O)N1C[C@H](C(=O)Nc2ccc(Cl)c(C(=O)OC)c2)Oc2ccccc21. The van der Waals surface area contributed by atoms with Crippen molar-refractivity contribution in [1.29, 1.82) is 0 Å². The zero-order valence-electron chi connectivity index (χ0n) is 15.7. The van der Waals surface area contributed by atoms with Gasteiger partial charge in [-0.2, -0.15) is 0 Å². The van der Waals surface area contributed by atoms with Crippen molar-refractivity contribution in [2.75, 3.05) is 29.0 Å². The fourth-order valence-electron chi connectivity index (χ4n) is 2.85. The molecule has 0 bridgehead atoms. The van der Waals surface area contributed by atoms with Gasteiger partial charge in [-0.25, -0.2) is 13.2 Å². The van der Waals surface area contributed by atoms with E-state index in [-0.39, 0.29) is 22.9 Å². The fourth-order valence-corrected chi connectivity index (χ4v) is 4.17. The highest BCUT2D eigenvalue weighted by Crippen LogP contribution is 2.35. The highest BCUT2D eigenvalue weighted by molar-refractivity contribution is 7.92. The monoisotopic (exact) mass is 438 g/mol. The molecule has 1 heterocycles. The number of nitrogens with zero attached hydrogens (tertiary/aromatic N) is 1. The first-order chi connectivity index (χ1) is 13.8. The Hall–Kier alpha value is -2.78. The number of nitrogens with one attached hydrogen (secondary N) is 1. The third-order valence-corrected chi connectivity index (χ3v) is 6.44. The number of fused-ring (bicyclic) bond motifs is 1. The molecule has 1 amide bonds. The van der Waals surface area contributed by atoms with Crippen LogP contribution in [0.3, 0.4) is 0 Å². The van der Waals surface area contributed by atoms with Gasteiger partial charge in [-0.15, -0.1) is 0 Å². The number of halogens is 1. The minimum atomic E-state index is -3.61. The minimum absolute atomic E-state index is 0.0945. The topological polar surface area (TPSA) is 102 Å². The summed E-state index contributed by atoms with van der Waals surface area (Å²) in [5.74, 6) is -1.03. The van der Waals surface area contributed by atoms with Crippen molar-refractivity contribution in [1.82, 2.24) is 0 Å². The van der Waals surface area contributed by atoms with E-state index < -0.39 is 28.0 Å². The number of ether oxygens (including phenoxy) is 2. The van der Waals surface area contributed by atoms with Crippen LogP contribution < -0.4 is 14.4 Å². The number of carbonyl (C=O) groups is 2. The Balaban J connectivity index is 1.86. The van der Waals surface area contributed by atoms with Crippen molar-refractivity contribution in [3.05, 3.63) is 53.1 Å². The maximum atomic E-state index is 12.8. The quantitative estimate of drug-likeness (QED) is 0.720.